The molecule has 0 aliphatic carbocycles. The highest BCUT2D eigenvalue weighted by molar-refractivity contribution is 6.01. The molecule has 0 fully saturated rings. The van der Waals surface area contributed by atoms with E-state index < -0.39 is 30.1 Å². The Morgan fingerprint density at radius 3 is 2.38 bits per heavy atom. The molecular formula is C19H20FNO5. The van der Waals surface area contributed by atoms with Crippen LogP contribution < -0.4 is 0 Å². The van der Waals surface area contributed by atoms with Crippen molar-refractivity contribution in [3.05, 3.63) is 58.2 Å². The highest BCUT2D eigenvalue weighted by Crippen LogP contribution is 2.20. The number of carbonyl (C=O) groups is 3. The molecule has 2 aromatic rings. The van der Waals surface area contributed by atoms with Gasteiger partial charge in [-0.1, -0.05) is 12.1 Å². The summed E-state index contributed by atoms with van der Waals surface area (Å²) in [5.41, 5.74) is 0.989. The van der Waals surface area contributed by atoms with E-state index in [1.165, 1.54) is 18.2 Å². The lowest BCUT2D eigenvalue weighted by Gasteiger charge is -2.08. The van der Waals surface area contributed by atoms with Gasteiger partial charge in [-0.05, 0) is 45.4 Å². The molecule has 0 atom stereocenters. The Kier molecular flexibility index (Phi) is 5.92. The predicted molar refractivity (Wildman–Crippen MR) is 91.8 cm³/mol. The predicted octanol–water partition coefficient (Wildman–Crippen LogP) is 3.38. The van der Waals surface area contributed by atoms with Crippen molar-refractivity contribution >= 4 is 17.7 Å². The normalized spacial score (nSPS) is 10.7. The van der Waals surface area contributed by atoms with E-state index in [4.69, 9.17) is 9.47 Å². The molecule has 26 heavy (non-hydrogen) atoms. The number of halogens is 1. The Morgan fingerprint density at radius 2 is 1.77 bits per heavy atom. The molecule has 138 valence electrons. The maximum Gasteiger partial charge on any atom is 0.355 e. The van der Waals surface area contributed by atoms with Crippen molar-refractivity contribution in [2.45, 2.75) is 33.8 Å². The number of carbonyl (C=O) groups excluding carboxylic acids is 3. The van der Waals surface area contributed by atoms with Gasteiger partial charge in [0.1, 0.15) is 11.5 Å². The van der Waals surface area contributed by atoms with E-state index in [9.17, 15) is 18.8 Å². The van der Waals surface area contributed by atoms with Gasteiger partial charge in [0.05, 0.1) is 17.2 Å². The number of H-pyrrole nitrogens is 1. The smallest absolute Gasteiger partial charge is 0.355 e. The molecule has 0 radical (unpaired) electrons. The van der Waals surface area contributed by atoms with E-state index in [2.05, 4.69) is 4.98 Å². The molecule has 0 aliphatic rings. The van der Waals surface area contributed by atoms with Crippen LogP contribution in [0.3, 0.4) is 0 Å². The van der Waals surface area contributed by atoms with E-state index in [0.29, 0.717) is 11.3 Å². The summed E-state index contributed by atoms with van der Waals surface area (Å²) in [6.45, 7) is 6.04. The second kappa shape index (κ2) is 7.95. The first-order valence-corrected chi connectivity index (χ1v) is 8.07. The summed E-state index contributed by atoms with van der Waals surface area (Å²) in [7, 11) is 0. The largest absolute Gasteiger partial charge is 0.459 e. The average Bonchev–Trinajstić information content (AvgIpc) is 2.86. The zero-order valence-electron chi connectivity index (χ0n) is 15.0. The van der Waals surface area contributed by atoms with Crippen LogP contribution in [0.25, 0.3) is 0 Å². The van der Waals surface area contributed by atoms with Crippen molar-refractivity contribution in [1.82, 2.24) is 4.98 Å². The zero-order valence-corrected chi connectivity index (χ0v) is 15.0. The van der Waals surface area contributed by atoms with Crippen molar-refractivity contribution in [1.29, 1.82) is 0 Å². The highest BCUT2D eigenvalue weighted by atomic mass is 19.1. The van der Waals surface area contributed by atoms with Gasteiger partial charge in [-0.2, -0.15) is 0 Å². The minimum atomic E-state index is -0.807. The maximum absolute atomic E-state index is 13.6. The first kappa shape index (κ1) is 19.4. The van der Waals surface area contributed by atoms with Crippen molar-refractivity contribution in [3.8, 4) is 0 Å². The number of Topliss-reactive ketones (excluding diaryl/α,β-unsaturated/α-hetero) is 1. The molecule has 0 unspecified atom stereocenters. The molecular weight excluding hydrogens is 341 g/mol. The molecule has 6 nitrogen and oxygen atoms in total. The van der Waals surface area contributed by atoms with Crippen molar-refractivity contribution in [3.63, 3.8) is 0 Å². The molecule has 0 saturated heterocycles. The minimum Gasteiger partial charge on any atom is -0.459 e. The Labute approximate surface area is 150 Å². The third-order valence-electron chi connectivity index (χ3n) is 3.70. The number of aromatic nitrogens is 1. The van der Waals surface area contributed by atoms with Crippen molar-refractivity contribution < 1.29 is 28.2 Å². The summed E-state index contributed by atoms with van der Waals surface area (Å²) in [5, 5.41) is 0. The van der Waals surface area contributed by atoms with Crippen molar-refractivity contribution in [2.75, 3.05) is 6.61 Å². The van der Waals surface area contributed by atoms with Crippen LogP contribution in [0.4, 0.5) is 4.39 Å². The first-order chi connectivity index (χ1) is 12.2. The van der Waals surface area contributed by atoms with Gasteiger partial charge in [-0.3, -0.25) is 4.79 Å². The Balaban J connectivity index is 2.12. The van der Waals surface area contributed by atoms with Crippen LogP contribution in [0.5, 0.6) is 0 Å². The first-order valence-electron chi connectivity index (χ1n) is 8.07. The fraction of sp³-hybridized carbons (Fsp3) is 0.316. The number of hydrogen-bond acceptors (Lipinski definition) is 5. The van der Waals surface area contributed by atoms with Crippen LogP contribution in [-0.4, -0.2) is 35.4 Å². The quantitative estimate of drug-likeness (QED) is 0.630. The number of aryl methyl sites for hydroxylation is 1. The van der Waals surface area contributed by atoms with E-state index in [1.54, 1.807) is 27.7 Å². The van der Waals surface area contributed by atoms with E-state index in [1.807, 2.05) is 0 Å². The highest BCUT2D eigenvalue weighted by Gasteiger charge is 2.25. The number of benzene rings is 1. The van der Waals surface area contributed by atoms with E-state index in [-0.39, 0.29) is 22.9 Å². The summed E-state index contributed by atoms with van der Waals surface area (Å²) >= 11 is 0. The number of ketones is 1. The lowest BCUT2D eigenvalue weighted by Crippen LogP contribution is -2.16. The third-order valence-corrected chi connectivity index (χ3v) is 3.70. The van der Waals surface area contributed by atoms with Gasteiger partial charge in [0.2, 0.25) is 5.78 Å². The monoisotopic (exact) mass is 361 g/mol. The number of aromatic amines is 1. The van der Waals surface area contributed by atoms with Crippen molar-refractivity contribution in [2.24, 2.45) is 0 Å². The lowest BCUT2D eigenvalue weighted by atomic mass is 10.1. The molecule has 1 N–H and O–H groups in total. The SMILES string of the molecule is Cc1[nH]c(C(=O)OCC(=O)c2ccccc2F)c(C)c1C(=O)OC(C)C. The second-order valence-corrected chi connectivity index (χ2v) is 6.06. The van der Waals surface area contributed by atoms with Crippen LogP contribution in [0.2, 0.25) is 0 Å². The number of ether oxygens (including phenoxy) is 2. The number of esters is 2. The van der Waals surface area contributed by atoms with Gasteiger partial charge >= 0.3 is 11.9 Å². The molecule has 0 bridgehead atoms. The maximum atomic E-state index is 13.6. The lowest BCUT2D eigenvalue weighted by molar-refractivity contribution is 0.0376. The Hall–Kier alpha value is -2.96. The summed E-state index contributed by atoms with van der Waals surface area (Å²) < 4.78 is 23.7. The van der Waals surface area contributed by atoms with Gasteiger partial charge in [-0.25, -0.2) is 14.0 Å². The second-order valence-electron chi connectivity index (χ2n) is 6.06. The Bertz CT molecular complexity index is 854. The van der Waals surface area contributed by atoms with E-state index >= 15 is 0 Å². The molecule has 1 heterocycles. The number of rotatable bonds is 6. The summed E-state index contributed by atoms with van der Waals surface area (Å²) in [6, 6.07) is 5.44. The molecule has 2 rings (SSSR count). The van der Waals surface area contributed by atoms with Gasteiger partial charge in [0.25, 0.3) is 0 Å². The fourth-order valence-corrected chi connectivity index (χ4v) is 2.50. The minimum absolute atomic E-state index is 0.0551. The number of hydrogen-bond donors (Lipinski definition) is 1. The molecule has 0 amide bonds. The van der Waals surface area contributed by atoms with Gasteiger partial charge in [0.15, 0.2) is 6.61 Å². The third kappa shape index (κ3) is 4.17. The van der Waals surface area contributed by atoms with Crippen LogP contribution in [0.15, 0.2) is 24.3 Å². The van der Waals surface area contributed by atoms with Crippen LogP contribution in [0, 0.1) is 19.7 Å². The van der Waals surface area contributed by atoms with E-state index in [0.717, 1.165) is 6.07 Å². The van der Waals surface area contributed by atoms with Gasteiger partial charge in [-0.15, -0.1) is 0 Å². The zero-order chi connectivity index (χ0) is 19.4. The van der Waals surface area contributed by atoms with Gasteiger partial charge in [0, 0.05) is 5.69 Å². The molecule has 0 spiro atoms. The summed E-state index contributed by atoms with van der Waals surface area (Å²) in [4.78, 5) is 39.1. The summed E-state index contributed by atoms with van der Waals surface area (Å²) in [5.74, 6) is -2.69. The topological polar surface area (TPSA) is 85.5 Å². The molecule has 0 aliphatic heterocycles. The summed E-state index contributed by atoms with van der Waals surface area (Å²) in [6.07, 6.45) is -0.301. The van der Waals surface area contributed by atoms with Crippen LogP contribution in [-0.2, 0) is 9.47 Å². The number of nitrogens with one attached hydrogen (secondary N) is 1. The van der Waals surface area contributed by atoms with Gasteiger partial charge < -0.3 is 14.5 Å². The molecule has 0 saturated carbocycles. The Morgan fingerprint density at radius 1 is 1.12 bits per heavy atom. The molecule has 1 aromatic heterocycles. The fourth-order valence-electron chi connectivity index (χ4n) is 2.50. The standard InChI is InChI=1S/C19H20FNO5/c1-10(2)26-18(23)16-11(3)17(21-12(16)4)19(24)25-9-15(22)13-7-5-6-8-14(13)20/h5-8,10,21H,9H2,1-4H3. The van der Waals surface area contributed by atoms with Crippen LogP contribution in [0.1, 0.15) is 56.3 Å². The molecule has 7 heteroatoms. The average molecular weight is 361 g/mol. The molecule has 1 aromatic carbocycles. The van der Waals surface area contributed by atoms with Crippen LogP contribution >= 0.6 is 0 Å².